The molecule has 114 valence electrons. The van der Waals surface area contributed by atoms with E-state index in [9.17, 15) is 0 Å². The largest absolute Gasteiger partial charge is 0.314 e. The summed E-state index contributed by atoms with van der Waals surface area (Å²) in [6, 6.07) is 9.62. The average Bonchev–Trinajstić information content (AvgIpc) is 2.44. The summed E-state index contributed by atoms with van der Waals surface area (Å²) in [4.78, 5) is 0. The zero-order valence-electron chi connectivity index (χ0n) is 13.8. The highest BCUT2D eigenvalue weighted by Crippen LogP contribution is 2.13. The van der Waals surface area contributed by atoms with Crippen molar-refractivity contribution in [1.29, 1.82) is 0 Å². The van der Waals surface area contributed by atoms with E-state index >= 15 is 0 Å². The van der Waals surface area contributed by atoms with Crippen LogP contribution in [0.15, 0.2) is 24.3 Å². The van der Waals surface area contributed by atoms with Crippen molar-refractivity contribution >= 4 is 0 Å². The van der Waals surface area contributed by atoms with Crippen molar-refractivity contribution in [3.63, 3.8) is 0 Å². The highest BCUT2D eigenvalue weighted by atomic mass is 14.9. The second-order valence-corrected chi connectivity index (χ2v) is 6.05. The monoisotopic (exact) mass is 275 g/mol. The molecule has 0 amide bonds. The molecule has 0 fully saturated rings. The predicted molar refractivity (Wildman–Crippen MR) is 90.3 cm³/mol. The van der Waals surface area contributed by atoms with Crippen molar-refractivity contribution < 1.29 is 0 Å². The first kappa shape index (κ1) is 17.2. The van der Waals surface area contributed by atoms with Crippen LogP contribution in [-0.2, 0) is 6.42 Å². The molecular formula is C19H33N. The average molecular weight is 275 g/mol. The Kier molecular flexibility index (Phi) is 9.40. The van der Waals surface area contributed by atoms with E-state index in [1.807, 2.05) is 0 Å². The van der Waals surface area contributed by atoms with Crippen LogP contribution in [0.25, 0.3) is 0 Å². The van der Waals surface area contributed by atoms with E-state index in [4.69, 9.17) is 0 Å². The first-order valence-corrected chi connectivity index (χ1v) is 8.55. The Hall–Kier alpha value is -0.820. The fraction of sp³-hybridized carbons (Fsp3) is 0.684. The van der Waals surface area contributed by atoms with Gasteiger partial charge >= 0.3 is 0 Å². The fourth-order valence-corrected chi connectivity index (χ4v) is 2.74. The van der Waals surface area contributed by atoms with Gasteiger partial charge < -0.3 is 5.32 Å². The van der Waals surface area contributed by atoms with E-state index in [2.05, 4.69) is 50.4 Å². The van der Waals surface area contributed by atoms with Crippen LogP contribution in [-0.4, -0.2) is 12.6 Å². The van der Waals surface area contributed by atoms with Gasteiger partial charge in [-0.15, -0.1) is 0 Å². The summed E-state index contributed by atoms with van der Waals surface area (Å²) < 4.78 is 0. The van der Waals surface area contributed by atoms with E-state index < -0.39 is 0 Å². The van der Waals surface area contributed by atoms with Crippen LogP contribution >= 0.6 is 0 Å². The molecule has 0 spiro atoms. The van der Waals surface area contributed by atoms with Gasteiger partial charge in [-0.25, -0.2) is 0 Å². The highest BCUT2D eigenvalue weighted by Gasteiger charge is 2.08. The molecule has 1 heteroatoms. The minimum atomic E-state index is 0.651. The number of nitrogens with one attached hydrogen (secondary N) is 1. The van der Waals surface area contributed by atoms with E-state index in [-0.39, 0.29) is 0 Å². The van der Waals surface area contributed by atoms with Gasteiger partial charge in [0.2, 0.25) is 0 Å². The number of rotatable bonds is 11. The van der Waals surface area contributed by atoms with Gasteiger partial charge in [0.1, 0.15) is 0 Å². The predicted octanol–water partition coefficient (Wildman–Crippen LogP) is 5.27. The van der Waals surface area contributed by atoms with Gasteiger partial charge in [-0.2, -0.15) is 0 Å². The van der Waals surface area contributed by atoms with Gasteiger partial charge in [-0.05, 0) is 38.3 Å². The van der Waals surface area contributed by atoms with Gasteiger partial charge in [-0.1, -0.05) is 75.8 Å². The Morgan fingerprint density at radius 3 is 2.50 bits per heavy atom. The molecule has 0 aliphatic carbocycles. The lowest BCUT2D eigenvalue weighted by atomic mass is 9.98. The maximum atomic E-state index is 3.73. The molecule has 1 nitrogen and oxygen atoms in total. The van der Waals surface area contributed by atoms with E-state index in [0.29, 0.717) is 6.04 Å². The first-order valence-electron chi connectivity index (χ1n) is 8.55. The Balaban J connectivity index is 2.38. The SMILES string of the molecule is CCCCCCCC(Cc1cccc(C)c1)NCCC. The molecule has 0 radical (unpaired) electrons. The van der Waals surface area contributed by atoms with Gasteiger partial charge in [0.05, 0.1) is 0 Å². The Bertz CT molecular complexity index is 345. The molecular weight excluding hydrogens is 242 g/mol. The van der Waals surface area contributed by atoms with Gasteiger partial charge in [-0.3, -0.25) is 0 Å². The maximum Gasteiger partial charge on any atom is 0.0107 e. The smallest absolute Gasteiger partial charge is 0.0107 e. The molecule has 0 bridgehead atoms. The normalized spacial score (nSPS) is 12.6. The Labute approximate surface area is 126 Å². The summed E-state index contributed by atoms with van der Waals surface area (Å²) in [5.74, 6) is 0. The molecule has 1 unspecified atom stereocenters. The number of unbranched alkanes of at least 4 members (excludes halogenated alkanes) is 4. The van der Waals surface area contributed by atoms with Crippen molar-refractivity contribution in [2.75, 3.05) is 6.54 Å². The zero-order valence-corrected chi connectivity index (χ0v) is 13.8. The quantitative estimate of drug-likeness (QED) is 0.543. The third kappa shape index (κ3) is 7.69. The van der Waals surface area contributed by atoms with E-state index in [1.165, 1.54) is 62.5 Å². The molecule has 0 heterocycles. The molecule has 1 N–H and O–H groups in total. The number of benzene rings is 1. The van der Waals surface area contributed by atoms with Crippen LogP contribution in [0.4, 0.5) is 0 Å². The summed E-state index contributed by atoms with van der Waals surface area (Å²) >= 11 is 0. The second kappa shape index (κ2) is 10.9. The maximum absolute atomic E-state index is 3.73. The lowest BCUT2D eigenvalue weighted by molar-refractivity contribution is 0.451. The summed E-state index contributed by atoms with van der Waals surface area (Å²) in [6.45, 7) is 7.86. The summed E-state index contributed by atoms with van der Waals surface area (Å²) in [5.41, 5.74) is 2.85. The van der Waals surface area contributed by atoms with Gasteiger partial charge in [0.25, 0.3) is 0 Å². The minimum Gasteiger partial charge on any atom is -0.314 e. The van der Waals surface area contributed by atoms with Crippen molar-refractivity contribution in [1.82, 2.24) is 5.32 Å². The van der Waals surface area contributed by atoms with Gasteiger partial charge in [0, 0.05) is 6.04 Å². The molecule has 1 atom stereocenters. The summed E-state index contributed by atoms with van der Waals surface area (Å²) in [6.07, 6.45) is 10.6. The lowest BCUT2D eigenvalue weighted by Gasteiger charge is -2.19. The van der Waals surface area contributed by atoms with Crippen LogP contribution in [0.5, 0.6) is 0 Å². The molecule has 1 aromatic rings. The third-order valence-electron chi connectivity index (χ3n) is 3.90. The Morgan fingerprint density at radius 1 is 1.00 bits per heavy atom. The van der Waals surface area contributed by atoms with Gasteiger partial charge in [0.15, 0.2) is 0 Å². The Morgan fingerprint density at radius 2 is 1.80 bits per heavy atom. The number of hydrogen-bond acceptors (Lipinski definition) is 1. The fourth-order valence-electron chi connectivity index (χ4n) is 2.74. The summed E-state index contributed by atoms with van der Waals surface area (Å²) in [5, 5.41) is 3.73. The number of hydrogen-bond donors (Lipinski definition) is 1. The standard InChI is InChI=1S/C19H33N/c1-4-6-7-8-9-13-19(20-14-5-2)16-18-12-10-11-17(3)15-18/h10-12,15,19-20H,4-9,13-14,16H2,1-3H3. The van der Waals surface area contributed by atoms with Crippen molar-refractivity contribution in [3.8, 4) is 0 Å². The van der Waals surface area contributed by atoms with Crippen LogP contribution < -0.4 is 5.32 Å². The first-order chi connectivity index (χ1) is 9.76. The zero-order chi connectivity index (χ0) is 14.6. The highest BCUT2D eigenvalue weighted by molar-refractivity contribution is 5.22. The summed E-state index contributed by atoms with van der Waals surface area (Å²) in [7, 11) is 0. The minimum absolute atomic E-state index is 0.651. The van der Waals surface area contributed by atoms with E-state index in [1.54, 1.807) is 0 Å². The third-order valence-corrected chi connectivity index (χ3v) is 3.90. The molecule has 0 aromatic heterocycles. The van der Waals surface area contributed by atoms with Crippen LogP contribution in [0.3, 0.4) is 0 Å². The molecule has 0 aliphatic rings. The van der Waals surface area contributed by atoms with Crippen molar-refractivity contribution in [2.45, 2.75) is 78.2 Å². The van der Waals surface area contributed by atoms with Crippen LogP contribution in [0.2, 0.25) is 0 Å². The van der Waals surface area contributed by atoms with E-state index in [0.717, 1.165) is 6.54 Å². The second-order valence-electron chi connectivity index (χ2n) is 6.05. The van der Waals surface area contributed by atoms with Crippen molar-refractivity contribution in [3.05, 3.63) is 35.4 Å². The lowest BCUT2D eigenvalue weighted by Crippen LogP contribution is -2.31. The molecule has 0 saturated heterocycles. The molecule has 0 aliphatic heterocycles. The van der Waals surface area contributed by atoms with Crippen LogP contribution in [0, 0.1) is 6.92 Å². The van der Waals surface area contributed by atoms with Crippen LogP contribution in [0.1, 0.15) is 69.9 Å². The molecule has 1 aromatic carbocycles. The topological polar surface area (TPSA) is 12.0 Å². The molecule has 1 rings (SSSR count). The molecule has 0 saturated carbocycles. The number of aryl methyl sites for hydroxylation is 1. The van der Waals surface area contributed by atoms with Crippen molar-refractivity contribution in [2.24, 2.45) is 0 Å². The molecule has 20 heavy (non-hydrogen) atoms.